The van der Waals surface area contributed by atoms with Crippen LogP contribution in [0, 0.1) is 0 Å². The number of hydrogen-bond donors (Lipinski definition) is 2. The SMILES string of the molecule is O=C(O)c1ccc(CCNC(=O)c2ccccc2Br)cc1. The Morgan fingerprint density at radius 1 is 1.05 bits per heavy atom. The summed E-state index contributed by atoms with van der Waals surface area (Å²) in [6.07, 6.45) is 0.649. The number of benzene rings is 2. The van der Waals surface area contributed by atoms with Crippen molar-refractivity contribution in [3.8, 4) is 0 Å². The van der Waals surface area contributed by atoms with Crippen LogP contribution in [0.25, 0.3) is 0 Å². The number of halogens is 1. The van der Waals surface area contributed by atoms with E-state index in [0.29, 0.717) is 18.5 Å². The van der Waals surface area contributed by atoms with E-state index in [1.807, 2.05) is 18.2 Å². The summed E-state index contributed by atoms with van der Waals surface area (Å²) in [6, 6.07) is 13.9. The first-order chi connectivity index (χ1) is 10.1. The molecule has 0 spiro atoms. The third kappa shape index (κ3) is 4.16. The van der Waals surface area contributed by atoms with Gasteiger partial charge in [0.1, 0.15) is 0 Å². The normalized spacial score (nSPS) is 10.1. The summed E-state index contributed by atoms with van der Waals surface area (Å²) in [5, 5.41) is 11.7. The fraction of sp³-hybridized carbons (Fsp3) is 0.125. The lowest BCUT2D eigenvalue weighted by Gasteiger charge is -2.07. The van der Waals surface area contributed by atoms with Crippen LogP contribution in [-0.4, -0.2) is 23.5 Å². The maximum Gasteiger partial charge on any atom is 0.335 e. The molecule has 0 aliphatic rings. The number of rotatable bonds is 5. The molecule has 2 N–H and O–H groups in total. The van der Waals surface area contributed by atoms with E-state index in [1.54, 1.807) is 30.3 Å². The van der Waals surface area contributed by atoms with Crippen molar-refractivity contribution in [3.05, 3.63) is 69.7 Å². The van der Waals surface area contributed by atoms with Crippen LogP contribution in [0.1, 0.15) is 26.3 Å². The summed E-state index contributed by atoms with van der Waals surface area (Å²) in [4.78, 5) is 22.7. The molecule has 5 heteroatoms. The van der Waals surface area contributed by atoms with Crippen molar-refractivity contribution in [2.45, 2.75) is 6.42 Å². The number of carbonyl (C=O) groups excluding carboxylic acids is 1. The zero-order valence-electron chi connectivity index (χ0n) is 11.2. The first kappa shape index (κ1) is 15.3. The number of aromatic carboxylic acids is 1. The molecule has 2 aromatic rings. The molecule has 4 nitrogen and oxygen atoms in total. The molecule has 0 atom stereocenters. The van der Waals surface area contributed by atoms with Gasteiger partial charge in [0.2, 0.25) is 0 Å². The molecule has 0 aliphatic heterocycles. The number of hydrogen-bond acceptors (Lipinski definition) is 2. The maximum atomic E-state index is 12.0. The lowest BCUT2D eigenvalue weighted by Crippen LogP contribution is -2.26. The average molecular weight is 348 g/mol. The fourth-order valence-corrected chi connectivity index (χ4v) is 2.34. The van der Waals surface area contributed by atoms with Gasteiger partial charge in [-0.15, -0.1) is 0 Å². The van der Waals surface area contributed by atoms with Gasteiger partial charge < -0.3 is 10.4 Å². The molecule has 0 unspecified atom stereocenters. The molecule has 0 fully saturated rings. The number of nitrogens with one attached hydrogen (secondary N) is 1. The molecular formula is C16H14BrNO3. The summed E-state index contributed by atoms with van der Waals surface area (Å²) < 4.78 is 0.758. The molecule has 1 amide bonds. The molecule has 0 saturated heterocycles. The van der Waals surface area contributed by atoms with Crippen LogP contribution in [0.4, 0.5) is 0 Å². The van der Waals surface area contributed by atoms with Gasteiger partial charge in [0.25, 0.3) is 5.91 Å². The Kier molecular flexibility index (Phi) is 5.11. The van der Waals surface area contributed by atoms with Crippen molar-refractivity contribution in [2.24, 2.45) is 0 Å². The Labute approximate surface area is 130 Å². The van der Waals surface area contributed by atoms with Crippen molar-refractivity contribution in [1.29, 1.82) is 0 Å². The van der Waals surface area contributed by atoms with Crippen LogP contribution in [-0.2, 0) is 6.42 Å². The van der Waals surface area contributed by atoms with E-state index in [2.05, 4.69) is 21.2 Å². The van der Waals surface area contributed by atoms with Crippen LogP contribution in [0.15, 0.2) is 53.0 Å². The standard InChI is InChI=1S/C16H14BrNO3/c17-14-4-2-1-3-13(14)15(19)18-10-9-11-5-7-12(8-6-11)16(20)21/h1-8H,9-10H2,(H,18,19)(H,20,21). The number of amides is 1. The first-order valence-electron chi connectivity index (χ1n) is 6.43. The molecule has 0 radical (unpaired) electrons. The lowest BCUT2D eigenvalue weighted by molar-refractivity contribution is 0.0696. The molecule has 21 heavy (non-hydrogen) atoms. The molecule has 2 rings (SSSR count). The third-order valence-electron chi connectivity index (χ3n) is 3.02. The quantitative estimate of drug-likeness (QED) is 0.873. The maximum absolute atomic E-state index is 12.0. The highest BCUT2D eigenvalue weighted by Crippen LogP contribution is 2.15. The van der Waals surface area contributed by atoms with Gasteiger partial charge in [0, 0.05) is 11.0 Å². The first-order valence-corrected chi connectivity index (χ1v) is 7.22. The highest BCUT2D eigenvalue weighted by molar-refractivity contribution is 9.10. The minimum Gasteiger partial charge on any atom is -0.478 e. The smallest absolute Gasteiger partial charge is 0.335 e. The van der Waals surface area contributed by atoms with Crippen molar-refractivity contribution >= 4 is 27.8 Å². The summed E-state index contributed by atoms with van der Waals surface area (Å²) >= 11 is 3.34. The molecule has 0 aromatic heterocycles. The van der Waals surface area contributed by atoms with E-state index in [-0.39, 0.29) is 11.5 Å². The van der Waals surface area contributed by atoms with Gasteiger partial charge in [-0.25, -0.2) is 4.79 Å². The monoisotopic (exact) mass is 347 g/mol. The second kappa shape index (κ2) is 7.04. The van der Waals surface area contributed by atoms with Crippen molar-refractivity contribution in [1.82, 2.24) is 5.32 Å². The van der Waals surface area contributed by atoms with E-state index < -0.39 is 5.97 Å². The molecular weight excluding hydrogens is 334 g/mol. The van der Waals surface area contributed by atoms with E-state index in [1.165, 1.54) is 0 Å². The van der Waals surface area contributed by atoms with Gasteiger partial charge >= 0.3 is 5.97 Å². The van der Waals surface area contributed by atoms with E-state index in [0.717, 1.165) is 10.0 Å². The topological polar surface area (TPSA) is 66.4 Å². The Bertz CT molecular complexity index is 653. The van der Waals surface area contributed by atoms with Gasteiger partial charge in [-0.2, -0.15) is 0 Å². The van der Waals surface area contributed by atoms with Gasteiger partial charge in [-0.05, 0) is 52.2 Å². The second-order valence-corrected chi connectivity index (χ2v) is 5.34. The Morgan fingerprint density at radius 2 is 1.71 bits per heavy atom. The average Bonchev–Trinajstić information content (AvgIpc) is 2.48. The van der Waals surface area contributed by atoms with E-state index >= 15 is 0 Å². The molecule has 2 aromatic carbocycles. The predicted molar refractivity (Wildman–Crippen MR) is 83.6 cm³/mol. The summed E-state index contributed by atoms with van der Waals surface area (Å²) in [7, 11) is 0. The fourth-order valence-electron chi connectivity index (χ4n) is 1.87. The van der Waals surface area contributed by atoms with Gasteiger partial charge in [-0.1, -0.05) is 24.3 Å². The van der Waals surface area contributed by atoms with Crippen molar-refractivity contribution in [2.75, 3.05) is 6.54 Å². The predicted octanol–water partition coefficient (Wildman–Crippen LogP) is 3.12. The highest BCUT2D eigenvalue weighted by atomic mass is 79.9. The van der Waals surface area contributed by atoms with Crippen LogP contribution in [0.5, 0.6) is 0 Å². The van der Waals surface area contributed by atoms with Crippen molar-refractivity contribution in [3.63, 3.8) is 0 Å². The van der Waals surface area contributed by atoms with Crippen LogP contribution in [0.3, 0.4) is 0 Å². The van der Waals surface area contributed by atoms with Gasteiger partial charge in [0.15, 0.2) is 0 Å². The third-order valence-corrected chi connectivity index (χ3v) is 3.71. The molecule has 0 heterocycles. The summed E-state index contributed by atoms with van der Waals surface area (Å²) in [5.41, 5.74) is 1.84. The largest absolute Gasteiger partial charge is 0.478 e. The minimum absolute atomic E-state index is 0.135. The zero-order valence-corrected chi connectivity index (χ0v) is 12.8. The van der Waals surface area contributed by atoms with Crippen LogP contribution in [0.2, 0.25) is 0 Å². The highest BCUT2D eigenvalue weighted by Gasteiger charge is 2.08. The van der Waals surface area contributed by atoms with Crippen LogP contribution >= 0.6 is 15.9 Å². The Hall–Kier alpha value is -2.14. The minimum atomic E-state index is -0.941. The Morgan fingerprint density at radius 3 is 2.33 bits per heavy atom. The van der Waals surface area contributed by atoms with Gasteiger partial charge in [-0.3, -0.25) is 4.79 Å². The summed E-state index contributed by atoms with van der Waals surface area (Å²) in [6.45, 7) is 0.493. The van der Waals surface area contributed by atoms with E-state index in [4.69, 9.17) is 5.11 Å². The second-order valence-electron chi connectivity index (χ2n) is 4.49. The lowest BCUT2D eigenvalue weighted by atomic mass is 10.1. The molecule has 108 valence electrons. The van der Waals surface area contributed by atoms with Gasteiger partial charge in [0.05, 0.1) is 11.1 Å². The number of carbonyl (C=O) groups is 2. The number of carboxylic acid groups (broad SMARTS) is 1. The summed E-state index contributed by atoms with van der Waals surface area (Å²) in [5.74, 6) is -1.08. The zero-order chi connectivity index (χ0) is 15.2. The Balaban J connectivity index is 1.88. The molecule has 0 saturated carbocycles. The van der Waals surface area contributed by atoms with E-state index in [9.17, 15) is 9.59 Å². The molecule has 0 aliphatic carbocycles. The molecule has 0 bridgehead atoms. The van der Waals surface area contributed by atoms with Crippen LogP contribution < -0.4 is 5.32 Å². The van der Waals surface area contributed by atoms with Crippen molar-refractivity contribution < 1.29 is 14.7 Å². The number of carboxylic acids is 1.